The SMILES string of the molecule is CCNC(Cc1ccc(OC(F)(F)F)cc1)C(C)CC. The number of hydrogen-bond acceptors (Lipinski definition) is 2. The lowest BCUT2D eigenvalue weighted by atomic mass is 9.93. The first kappa shape index (κ1) is 16.8. The van der Waals surface area contributed by atoms with Crippen molar-refractivity contribution < 1.29 is 17.9 Å². The summed E-state index contributed by atoms with van der Waals surface area (Å²) >= 11 is 0. The molecule has 5 heteroatoms. The topological polar surface area (TPSA) is 21.3 Å². The third-order valence-electron chi connectivity index (χ3n) is 3.41. The van der Waals surface area contributed by atoms with Crippen molar-refractivity contribution in [3.8, 4) is 5.75 Å². The highest BCUT2D eigenvalue weighted by Gasteiger charge is 2.31. The van der Waals surface area contributed by atoms with Gasteiger partial charge in [0.15, 0.2) is 0 Å². The van der Waals surface area contributed by atoms with Crippen LogP contribution in [0.4, 0.5) is 13.2 Å². The fourth-order valence-corrected chi connectivity index (χ4v) is 2.10. The van der Waals surface area contributed by atoms with E-state index in [2.05, 4.69) is 30.8 Å². The Morgan fingerprint density at radius 3 is 2.20 bits per heavy atom. The lowest BCUT2D eigenvalue weighted by Gasteiger charge is -2.24. The predicted octanol–water partition coefficient (Wildman–Crippen LogP) is 4.15. The molecule has 0 aliphatic rings. The molecule has 0 radical (unpaired) electrons. The normalized spacial score (nSPS) is 14.9. The smallest absolute Gasteiger partial charge is 0.406 e. The van der Waals surface area contributed by atoms with Crippen molar-refractivity contribution in [1.29, 1.82) is 0 Å². The van der Waals surface area contributed by atoms with E-state index in [0.717, 1.165) is 24.9 Å². The fourth-order valence-electron chi connectivity index (χ4n) is 2.10. The number of nitrogens with one attached hydrogen (secondary N) is 1. The first-order valence-electron chi connectivity index (χ1n) is 6.93. The first-order valence-corrected chi connectivity index (χ1v) is 6.93. The van der Waals surface area contributed by atoms with Gasteiger partial charge in [-0.2, -0.15) is 0 Å². The summed E-state index contributed by atoms with van der Waals surface area (Å²) in [6.45, 7) is 7.24. The van der Waals surface area contributed by atoms with Gasteiger partial charge < -0.3 is 10.1 Å². The van der Waals surface area contributed by atoms with Crippen LogP contribution >= 0.6 is 0 Å². The van der Waals surface area contributed by atoms with Crippen LogP contribution in [0.15, 0.2) is 24.3 Å². The quantitative estimate of drug-likeness (QED) is 0.814. The minimum absolute atomic E-state index is 0.176. The molecule has 1 N–H and O–H groups in total. The molecule has 0 fully saturated rings. The third-order valence-corrected chi connectivity index (χ3v) is 3.41. The van der Waals surface area contributed by atoms with Crippen molar-refractivity contribution in [3.63, 3.8) is 0 Å². The maximum atomic E-state index is 12.1. The number of benzene rings is 1. The molecule has 0 saturated heterocycles. The van der Waals surface area contributed by atoms with Crippen LogP contribution in [0.25, 0.3) is 0 Å². The van der Waals surface area contributed by atoms with E-state index in [9.17, 15) is 13.2 Å². The summed E-state index contributed by atoms with van der Waals surface area (Å²) in [5.74, 6) is 0.339. The summed E-state index contributed by atoms with van der Waals surface area (Å²) in [6, 6.07) is 6.44. The van der Waals surface area contributed by atoms with Gasteiger partial charge in [-0.05, 0) is 36.6 Å². The monoisotopic (exact) mass is 289 g/mol. The molecule has 0 spiro atoms. The molecule has 0 bridgehead atoms. The Hall–Kier alpha value is -1.23. The van der Waals surface area contributed by atoms with E-state index in [1.165, 1.54) is 12.1 Å². The molecular formula is C15H22F3NO. The molecule has 2 atom stereocenters. The van der Waals surface area contributed by atoms with Gasteiger partial charge in [-0.25, -0.2) is 0 Å². The van der Waals surface area contributed by atoms with Crippen LogP contribution in [0.2, 0.25) is 0 Å². The maximum absolute atomic E-state index is 12.1. The minimum Gasteiger partial charge on any atom is -0.406 e. The Morgan fingerprint density at radius 1 is 1.15 bits per heavy atom. The van der Waals surface area contributed by atoms with Crippen molar-refractivity contribution in [3.05, 3.63) is 29.8 Å². The van der Waals surface area contributed by atoms with Crippen LogP contribution in [0.3, 0.4) is 0 Å². The van der Waals surface area contributed by atoms with Gasteiger partial charge in [-0.1, -0.05) is 39.3 Å². The van der Waals surface area contributed by atoms with Crippen LogP contribution in [-0.4, -0.2) is 18.9 Å². The second kappa shape index (κ2) is 7.53. The summed E-state index contributed by atoms with van der Waals surface area (Å²) < 4.78 is 40.1. The summed E-state index contributed by atoms with van der Waals surface area (Å²) in [6.07, 6.45) is -2.77. The summed E-state index contributed by atoms with van der Waals surface area (Å²) in [4.78, 5) is 0. The van der Waals surface area contributed by atoms with Gasteiger partial charge in [0.05, 0.1) is 0 Å². The molecule has 2 nitrogen and oxygen atoms in total. The molecule has 0 aliphatic heterocycles. The Kier molecular flexibility index (Phi) is 6.33. The number of ether oxygens (including phenoxy) is 1. The Labute approximate surface area is 118 Å². The lowest BCUT2D eigenvalue weighted by molar-refractivity contribution is -0.274. The highest BCUT2D eigenvalue weighted by Crippen LogP contribution is 2.23. The molecule has 0 saturated carbocycles. The van der Waals surface area contributed by atoms with Gasteiger partial charge in [-0.3, -0.25) is 0 Å². The van der Waals surface area contributed by atoms with Gasteiger partial charge in [-0.15, -0.1) is 13.2 Å². The van der Waals surface area contributed by atoms with E-state index < -0.39 is 6.36 Å². The Bertz CT molecular complexity index is 389. The van der Waals surface area contributed by atoms with Crippen LogP contribution in [-0.2, 0) is 6.42 Å². The zero-order valence-electron chi connectivity index (χ0n) is 12.1. The van der Waals surface area contributed by atoms with E-state index in [1.807, 2.05) is 0 Å². The van der Waals surface area contributed by atoms with E-state index in [1.54, 1.807) is 12.1 Å². The first-order chi connectivity index (χ1) is 9.35. The maximum Gasteiger partial charge on any atom is 0.573 e. The van der Waals surface area contributed by atoms with Crippen molar-refractivity contribution in [1.82, 2.24) is 5.32 Å². The van der Waals surface area contributed by atoms with Gasteiger partial charge in [0, 0.05) is 6.04 Å². The molecule has 0 aromatic heterocycles. The van der Waals surface area contributed by atoms with Gasteiger partial charge in [0.25, 0.3) is 0 Å². The van der Waals surface area contributed by atoms with E-state index in [4.69, 9.17) is 0 Å². The summed E-state index contributed by atoms with van der Waals surface area (Å²) in [7, 11) is 0. The second-order valence-electron chi connectivity index (χ2n) is 4.95. The molecule has 0 aliphatic carbocycles. The molecule has 114 valence electrons. The van der Waals surface area contributed by atoms with E-state index in [0.29, 0.717) is 12.0 Å². The van der Waals surface area contributed by atoms with Crippen LogP contribution in [0.5, 0.6) is 5.75 Å². The Morgan fingerprint density at radius 2 is 1.75 bits per heavy atom. The number of alkyl halides is 3. The zero-order valence-corrected chi connectivity index (χ0v) is 12.1. The average molecular weight is 289 g/mol. The molecule has 20 heavy (non-hydrogen) atoms. The second-order valence-corrected chi connectivity index (χ2v) is 4.95. The average Bonchev–Trinajstić information content (AvgIpc) is 2.38. The van der Waals surface area contributed by atoms with Crippen molar-refractivity contribution in [2.24, 2.45) is 5.92 Å². The number of rotatable bonds is 7. The number of halogens is 3. The fraction of sp³-hybridized carbons (Fsp3) is 0.600. The largest absolute Gasteiger partial charge is 0.573 e. The number of hydrogen-bond donors (Lipinski definition) is 1. The molecular weight excluding hydrogens is 267 g/mol. The van der Waals surface area contributed by atoms with Gasteiger partial charge >= 0.3 is 6.36 Å². The van der Waals surface area contributed by atoms with Gasteiger partial charge in [0.1, 0.15) is 5.75 Å². The zero-order chi connectivity index (χ0) is 15.2. The molecule has 1 aromatic carbocycles. The Balaban J connectivity index is 2.67. The molecule has 2 unspecified atom stereocenters. The van der Waals surface area contributed by atoms with E-state index in [-0.39, 0.29) is 5.75 Å². The highest BCUT2D eigenvalue weighted by molar-refractivity contribution is 5.28. The lowest BCUT2D eigenvalue weighted by Crippen LogP contribution is -2.36. The van der Waals surface area contributed by atoms with Crippen molar-refractivity contribution in [2.45, 2.75) is 46.0 Å². The van der Waals surface area contributed by atoms with Crippen LogP contribution in [0.1, 0.15) is 32.8 Å². The summed E-state index contributed by atoms with van der Waals surface area (Å²) in [5, 5.41) is 3.42. The van der Waals surface area contributed by atoms with Gasteiger partial charge in [0.2, 0.25) is 0 Å². The van der Waals surface area contributed by atoms with Crippen molar-refractivity contribution in [2.75, 3.05) is 6.54 Å². The van der Waals surface area contributed by atoms with Crippen molar-refractivity contribution >= 4 is 0 Å². The van der Waals surface area contributed by atoms with E-state index >= 15 is 0 Å². The molecule has 0 amide bonds. The minimum atomic E-state index is -4.63. The number of likely N-dealkylation sites (N-methyl/N-ethyl adjacent to an activating group) is 1. The predicted molar refractivity (Wildman–Crippen MR) is 73.7 cm³/mol. The van der Waals surface area contributed by atoms with Crippen LogP contribution in [0, 0.1) is 5.92 Å². The van der Waals surface area contributed by atoms with Crippen LogP contribution < -0.4 is 10.1 Å². The molecule has 0 heterocycles. The standard InChI is InChI=1S/C15H22F3NO/c1-4-11(3)14(19-5-2)10-12-6-8-13(9-7-12)20-15(16,17)18/h6-9,11,14,19H,4-5,10H2,1-3H3. The summed E-state index contributed by atoms with van der Waals surface area (Å²) in [5.41, 5.74) is 1.01. The third kappa shape index (κ3) is 5.82. The highest BCUT2D eigenvalue weighted by atomic mass is 19.4. The molecule has 1 rings (SSSR count). The molecule has 1 aromatic rings.